The van der Waals surface area contributed by atoms with E-state index in [4.69, 9.17) is 11.6 Å². The zero-order valence-corrected chi connectivity index (χ0v) is 19.1. The zero-order valence-electron chi connectivity index (χ0n) is 16.7. The maximum Gasteiger partial charge on any atom is 0.416 e. The molecule has 0 radical (unpaired) electrons. The first kappa shape index (κ1) is 23.4. The summed E-state index contributed by atoms with van der Waals surface area (Å²) in [7, 11) is 0. The first-order valence-electron chi connectivity index (χ1n) is 9.05. The molecule has 2 aromatic carbocycles. The lowest BCUT2D eigenvalue weighted by atomic mass is 10.1. The number of halogens is 4. The first-order chi connectivity index (χ1) is 14.5. The molecule has 31 heavy (non-hydrogen) atoms. The predicted molar refractivity (Wildman–Crippen MR) is 120 cm³/mol. The summed E-state index contributed by atoms with van der Waals surface area (Å²) in [5, 5.41) is 13.8. The van der Waals surface area contributed by atoms with Crippen LogP contribution in [0.5, 0.6) is 0 Å². The lowest BCUT2D eigenvalue weighted by Gasteiger charge is -2.14. The third kappa shape index (κ3) is 5.90. The number of aryl methyl sites for hydroxylation is 1. The van der Waals surface area contributed by atoms with Crippen molar-refractivity contribution in [3.63, 3.8) is 0 Å². The fourth-order valence-corrected chi connectivity index (χ4v) is 4.62. The SMILES string of the molecule is Cc1cccc(Nc2nnc(S[C@H](C)C(=O)Nc3cc(C(F)(F)F)ccc3Cl)s2)c1C. The summed E-state index contributed by atoms with van der Waals surface area (Å²) in [6.07, 6.45) is -4.53. The number of carbonyl (C=O) groups excluding carboxylic acids is 1. The molecule has 164 valence electrons. The maximum absolute atomic E-state index is 12.9. The van der Waals surface area contributed by atoms with Gasteiger partial charge in [0, 0.05) is 5.69 Å². The van der Waals surface area contributed by atoms with Gasteiger partial charge < -0.3 is 10.6 Å². The van der Waals surface area contributed by atoms with Crippen LogP contribution in [0, 0.1) is 13.8 Å². The highest BCUT2D eigenvalue weighted by Crippen LogP contribution is 2.35. The highest BCUT2D eigenvalue weighted by molar-refractivity contribution is 8.02. The lowest BCUT2D eigenvalue weighted by Crippen LogP contribution is -2.22. The molecule has 0 aliphatic heterocycles. The molecule has 0 saturated heterocycles. The number of amides is 1. The van der Waals surface area contributed by atoms with E-state index in [1.165, 1.54) is 11.3 Å². The molecule has 1 atom stereocenters. The fourth-order valence-electron chi connectivity index (χ4n) is 2.55. The van der Waals surface area contributed by atoms with E-state index in [1.807, 2.05) is 32.0 Å². The molecule has 2 N–H and O–H groups in total. The molecule has 0 aliphatic carbocycles. The molecule has 0 bridgehead atoms. The fraction of sp³-hybridized carbons (Fsp3) is 0.250. The number of thioether (sulfide) groups is 1. The van der Waals surface area contributed by atoms with Crippen LogP contribution in [-0.4, -0.2) is 21.4 Å². The van der Waals surface area contributed by atoms with E-state index < -0.39 is 22.9 Å². The molecular weight excluding hydrogens is 469 g/mol. The van der Waals surface area contributed by atoms with Crippen molar-refractivity contribution in [2.75, 3.05) is 10.6 Å². The van der Waals surface area contributed by atoms with E-state index in [2.05, 4.69) is 20.8 Å². The molecule has 1 amide bonds. The number of nitrogens with one attached hydrogen (secondary N) is 2. The Morgan fingerprint density at radius 3 is 2.61 bits per heavy atom. The molecule has 3 aromatic rings. The molecular formula is C20H18ClF3N4OS2. The van der Waals surface area contributed by atoms with Gasteiger partial charge in [0.25, 0.3) is 0 Å². The monoisotopic (exact) mass is 486 g/mol. The minimum atomic E-state index is -4.53. The Kier molecular flexibility index (Phi) is 7.13. The van der Waals surface area contributed by atoms with Crippen LogP contribution in [0.25, 0.3) is 0 Å². The number of hydrogen-bond donors (Lipinski definition) is 2. The summed E-state index contributed by atoms with van der Waals surface area (Å²) in [5.41, 5.74) is 2.17. The number of nitrogens with zero attached hydrogens (tertiary/aromatic N) is 2. The molecule has 0 saturated carbocycles. The van der Waals surface area contributed by atoms with Crippen molar-refractivity contribution in [2.45, 2.75) is 36.5 Å². The standard InChI is InChI=1S/C20H18ClF3N4OS2/c1-10-5-4-6-15(11(10)2)26-18-27-28-19(31-18)30-12(3)17(29)25-16-9-13(20(22,23)24)7-8-14(16)21/h4-9,12H,1-3H3,(H,25,29)(H,26,27)/t12-/m1/s1. The second-order valence-corrected chi connectivity index (χ2v) is 9.66. The minimum absolute atomic E-state index is 0.0227. The van der Waals surface area contributed by atoms with Crippen LogP contribution < -0.4 is 10.6 Å². The van der Waals surface area contributed by atoms with Crippen LogP contribution in [0.3, 0.4) is 0 Å². The van der Waals surface area contributed by atoms with Crippen LogP contribution in [0.15, 0.2) is 40.7 Å². The quantitative estimate of drug-likeness (QED) is 0.380. The van der Waals surface area contributed by atoms with Crippen LogP contribution >= 0.6 is 34.7 Å². The number of alkyl halides is 3. The molecule has 5 nitrogen and oxygen atoms in total. The average molecular weight is 487 g/mol. The normalized spacial score (nSPS) is 12.5. The van der Waals surface area contributed by atoms with Gasteiger partial charge in [-0.15, -0.1) is 10.2 Å². The maximum atomic E-state index is 12.9. The number of anilines is 3. The highest BCUT2D eigenvalue weighted by Gasteiger charge is 2.31. The van der Waals surface area contributed by atoms with Crippen molar-refractivity contribution in [1.82, 2.24) is 10.2 Å². The number of carbonyl (C=O) groups is 1. The van der Waals surface area contributed by atoms with Crippen molar-refractivity contribution >= 4 is 57.1 Å². The smallest absolute Gasteiger partial charge is 0.330 e. The van der Waals surface area contributed by atoms with Gasteiger partial charge in [-0.1, -0.05) is 46.8 Å². The average Bonchev–Trinajstić information content (AvgIpc) is 3.13. The van der Waals surface area contributed by atoms with E-state index >= 15 is 0 Å². The van der Waals surface area contributed by atoms with Crippen LogP contribution in [0.2, 0.25) is 5.02 Å². The summed E-state index contributed by atoms with van der Waals surface area (Å²) in [4.78, 5) is 12.5. The molecule has 11 heteroatoms. The summed E-state index contributed by atoms with van der Waals surface area (Å²) >= 11 is 8.37. The molecule has 1 heterocycles. The number of aromatic nitrogens is 2. The van der Waals surface area contributed by atoms with E-state index in [0.717, 1.165) is 46.8 Å². The summed E-state index contributed by atoms with van der Waals surface area (Å²) in [6, 6.07) is 8.67. The third-order valence-corrected chi connectivity index (χ3v) is 6.80. The van der Waals surface area contributed by atoms with Gasteiger partial charge in [0.1, 0.15) is 0 Å². The van der Waals surface area contributed by atoms with E-state index in [9.17, 15) is 18.0 Å². The summed E-state index contributed by atoms with van der Waals surface area (Å²) < 4.78 is 39.3. The van der Waals surface area contributed by atoms with Crippen molar-refractivity contribution < 1.29 is 18.0 Å². The third-order valence-electron chi connectivity index (χ3n) is 4.45. The van der Waals surface area contributed by atoms with Gasteiger partial charge >= 0.3 is 6.18 Å². The molecule has 0 unspecified atom stereocenters. The Morgan fingerprint density at radius 2 is 1.90 bits per heavy atom. The molecule has 0 aliphatic rings. The van der Waals surface area contributed by atoms with Crippen molar-refractivity contribution in [3.05, 3.63) is 58.1 Å². The van der Waals surface area contributed by atoms with Crippen LogP contribution in [0.1, 0.15) is 23.6 Å². The lowest BCUT2D eigenvalue weighted by molar-refractivity contribution is -0.137. The van der Waals surface area contributed by atoms with Crippen molar-refractivity contribution in [1.29, 1.82) is 0 Å². The highest BCUT2D eigenvalue weighted by atomic mass is 35.5. The van der Waals surface area contributed by atoms with Gasteiger partial charge in [0.2, 0.25) is 11.0 Å². The Bertz CT molecular complexity index is 1100. The molecule has 0 spiro atoms. The van der Waals surface area contributed by atoms with Crippen molar-refractivity contribution in [3.8, 4) is 0 Å². The van der Waals surface area contributed by atoms with Gasteiger partial charge in [-0.05, 0) is 56.2 Å². The van der Waals surface area contributed by atoms with Crippen LogP contribution in [0.4, 0.5) is 29.7 Å². The molecule has 0 fully saturated rings. The zero-order chi connectivity index (χ0) is 22.8. The van der Waals surface area contributed by atoms with E-state index in [1.54, 1.807) is 6.92 Å². The number of hydrogen-bond acceptors (Lipinski definition) is 6. The molecule has 3 rings (SSSR count). The van der Waals surface area contributed by atoms with E-state index in [0.29, 0.717) is 9.47 Å². The Labute approximate surface area is 190 Å². The Morgan fingerprint density at radius 1 is 1.16 bits per heavy atom. The van der Waals surface area contributed by atoms with Gasteiger partial charge in [-0.25, -0.2) is 0 Å². The number of benzene rings is 2. The van der Waals surface area contributed by atoms with Crippen molar-refractivity contribution in [2.24, 2.45) is 0 Å². The van der Waals surface area contributed by atoms with Gasteiger partial charge in [0.05, 0.1) is 21.5 Å². The topological polar surface area (TPSA) is 66.9 Å². The molecule has 1 aromatic heterocycles. The van der Waals surface area contributed by atoms with Gasteiger partial charge in [-0.3, -0.25) is 4.79 Å². The first-order valence-corrected chi connectivity index (χ1v) is 11.1. The Hall–Kier alpha value is -2.30. The number of rotatable bonds is 6. The second kappa shape index (κ2) is 9.46. The largest absolute Gasteiger partial charge is 0.416 e. The van der Waals surface area contributed by atoms with Gasteiger partial charge in [-0.2, -0.15) is 13.2 Å². The van der Waals surface area contributed by atoms with Gasteiger partial charge in [0.15, 0.2) is 4.34 Å². The summed E-state index contributed by atoms with van der Waals surface area (Å²) in [5.74, 6) is -0.495. The van der Waals surface area contributed by atoms with E-state index in [-0.39, 0.29) is 10.7 Å². The Balaban J connectivity index is 1.65. The predicted octanol–water partition coefficient (Wildman–Crippen LogP) is 6.69. The second-order valence-electron chi connectivity index (χ2n) is 6.69. The minimum Gasteiger partial charge on any atom is -0.330 e. The summed E-state index contributed by atoms with van der Waals surface area (Å²) in [6.45, 7) is 5.64. The van der Waals surface area contributed by atoms with Crippen LogP contribution in [-0.2, 0) is 11.0 Å².